The highest BCUT2D eigenvalue weighted by Crippen LogP contribution is 2.36. The molecule has 186 valence electrons. The minimum Gasteiger partial charge on any atom is -0.481 e. The third kappa shape index (κ3) is 7.04. The van der Waals surface area contributed by atoms with Crippen LogP contribution in [0.4, 0.5) is 17.1 Å². The largest absolute Gasteiger partial charge is 0.481 e. The Hall–Kier alpha value is -2.91. The van der Waals surface area contributed by atoms with Gasteiger partial charge in [-0.15, -0.1) is 0 Å². The molecule has 0 aliphatic carbocycles. The summed E-state index contributed by atoms with van der Waals surface area (Å²) >= 11 is 0. The third-order valence-electron chi connectivity index (χ3n) is 5.87. The molecule has 9 heteroatoms. The Morgan fingerprint density at radius 2 is 2.00 bits per heavy atom. The summed E-state index contributed by atoms with van der Waals surface area (Å²) in [5, 5.41) is 12.9. The lowest BCUT2D eigenvalue weighted by molar-refractivity contribution is -0.137. The number of aromatic nitrogens is 2. The van der Waals surface area contributed by atoms with Crippen LogP contribution in [0.5, 0.6) is 6.01 Å². The average molecular weight is 473 g/mol. The van der Waals surface area contributed by atoms with E-state index in [0.29, 0.717) is 25.3 Å². The van der Waals surface area contributed by atoms with Gasteiger partial charge in [0.25, 0.3) is 0 Å². The number of nitrogens with zero attached hydrogens (tertiary/aromatic N) is 3. The number of aliphatic carboxylic acids is 1. The normalized spacial score (nSPS) is 15.0. The van der Waals surface area contributed by atoms with Gasteiger partial charge in [0.1, 0.15) is 0 Å². The number of nitrogens with one attached hydrogen (secondary N) is 1. The summed E-state index contributed by atoms with van der Waals surface area (Å²) in [6.45, 7) is 7.32. The third-order valence-corrected chi connectivity index (χ3v) is 5.87. The summed E-state index contributed by atoms with van der Waals surface area (Å²) in [6.07, 6.45) is 6.33. The molecule has 34 heavy (non-hydrogen) atoms. The molecule has 0 unspecified atom stereocenters. The van der Waals surface area contributed by atoms with Crippen LogP contribution in [0.1, 0.15) is 51.0 Å². The second-order valence-electron chi connectivity index (χ2n) is 8.38. The number of carboxylic acids is 1. The standard InChI is InChI=1S/C25H36N4O5/c1-4-10-29(21-8-11-33-12-9-21)23-7-6-18(19(17-32-3)14-24(30)31)13-22(23)28-20-15-26-25(27-16-20)34-5-2/h6-7,13,15-16,19,21,28H,4-5,8-12,14,17H2,1-3H3,(H,30,31)/t19-/m0/s1. The van der Waals surface area contributed by atoms with E-state index in [4.69, 9.17) is 14.2 Å². The Kier molecular flexibility index (Phi) is 9.90. The van der Waals surface area contributed by atoms with Crippen LogP contribution >= 0.6 is 0 Å². The van der Waals surface area contributed by atoms with Crippen LogP contribution < -0.4 is 15.0 Å². The van der Waals surface area contributed by atoms with E-state index >= 15 is 0 Å². The van der Waals surface area contributed by atoms with Crippen molar-refractivity contribution in [2.45, 2.75) is 51.5 Å². The highest BCUT2D eigenvalue weighted by atomic mass is 16.5. The predicted molar refractivity (Wildman–Crippen MR) is 131 cm³/mol. The van der Waals surface area contributed by atoms with Gasteiger partial charge >= 0.3 is 12.0 Å². The fourth-order valence-electron chi connectivity index (χ4n) is 4.32. The molecule has 1 aliphatic rings. The van der Waals surface area contributed by atoms with E-state index in [1.165, 1.54) is 0 Å². The topological polar surface area (TPSA) is 106 Å². The van der Waals surface area contributed by atoms with Crippen LogP contribution in [0.15, 0.2) is 30.6 Å². The first-order chi connectivity index (χ1) is 16.5. The number of carboxylic acid groups (broad SMARTS) is 1. The number of ether oxygens (including phenoxy) is 3. The number of hydrogen-bond donors (Lipinski definition) is 2. The fraction of sp³-hybridized carbons (Fsp3) is 0.560. The second-order valence-corrected chi connectivity index (χ2v) is 8.38. The summed E-state index contributed by atoms with van der Waals surface area (Å²) < 4.78 is 16.3. The Balaban J connectivity index is 1.99. The van der Waals surface area contributed by atoms with Gasteiger partial charge in [0, 0.05) is 38.8 Å². The van der Waals surface area contributed by atoms with Gasteiger partial charge in [-0.3, -0.25) is 4.79 Å². The van der Waals surface area contributed by atoms with Crippen LogP contribution in [0.2, 0.25) is 0 Å². The van der Waals surface area contributed by atoms with Crippen LogP contribution in [0.25, 0.3) is 0 Å². The Morgan fingerprint density at radius 1 is 1.26 bits per heavy atom. The number of anilines is 3. The minimum absolute atomic E-state index is 0.00255. The molecule has 1 aromatic carbocycles. The summed E-state index contributed by atoms with van der Waals surface area (Å²) in [7, 11) is 1.59. The van der Waals surface area contributed by atoms with Gasteiger partial charge in [0.2, 0.25) is 0 Å². The molecule has 0 saturated carbocycles. The van der Waals surface area contributed by atoms with Gasteiger partial charge in [-0.1, -0.05) is 13.0 Å². The van der Waals surface area contributed by atoms with E-state index in [1.807, 2.05) is 19.1 Å². The van der Waals surface area contributed by atoms with Crippen LogP contribution in [-0.4, -0.2) is 67.2 Å². The lowest BCUT2D eigenvalue weighted by Gasteiger charge is -2.37. The number of rotatable bonds is 13. The highest BCUT2D eigenvalue weighted by Gasteiger charge is 2.25. The molecule has 0 radical (unpaired) electrons. The lowest BCUT2D eigenvalue weighted by atomic mass is 9.94. The van der Waals surface area contributed by atoms with E-state index < -0.39 is 5.97 Å². The second kappa shape index (κ2) is 13.1. The maximum Gasteiger partial charge on any atom is 0.316 e. The molecule has 1 saturated heterocycles. The van der Waals surface area contributed by atoms with Crippen molar-refractivity contribution in [3.8, 4) is 6.01 Å². The zero-order valence-corrected chi connectivity index (χ0v) is 20.3. The van der Waals surface area contributed by atoms with Crippen LogP contribution in [-0.2, 0) is 14.3 Å². The molecule has 2 heterocycles. The zero-order chi connectivity index (χ0) is 24.3. The first kappa shape index (κ1) is 25.7. The average Bonchev–Trinajstić information content (AvgIpc) is 2.84. The molecule has 3 rings (SSSR count). The Morgan fingerprint density at radius 3 is 2.62 bits per heavy atom. The maximum atomic E-state index is 11.5. The first-order valence-corrected chi connectivity index (χ1v) is 12.0. The number of methoxy groups -OCH3 is 1. The van der Waals surface area contributed by atoms with Crippen molar-refractivity contribution in [3.63, 3.8) is 0 Å². The maximum absolute atomic E-state index is 11.5. The molecule has 1 aliphatic heterocycles. The molecular formula is C25H36N4O5. The van der Waals surface area contributed by atoms with Crippen molar-refractivity contribution in [1.29, 1.82) is 0 Å². The molecule has 2 aromatic rings. The molecule has 1 atom stereocenters. The van der Waals surface area contributed by atoms with Gasteiger partial charge in [-0.2, -0.15) is 0 Å². The van der Waals surface area contributed by atoms with Crippen molar-refractivity contribution in [2.24, 2.45) is 0 Å². The highest BCUT2D eigenvalue weighted by molar-refractivity contribution is 5.77. The first-order valence-electron chi connectivity index (χ1n) is 12.0. The van der Waals surface area contributed by atoms with Crippen molar-refractivity contribution in [3.05, 3.63) is 36.2 Å². The van der Waals surface area contributed by atoms with Crippen molar-refractivity contribution in [2.75, 3.05) is 50.3 Å². The lowest BCUT2D eigenvalue weighted by Crippen LogP contribution is -2.40. The SMILES string of the molecule is CCCN(c1ccc([C@H](COC)CC(=O)O)cc1Nc1cnc(OCC)nc1)C1CCOCC1. The molecule has 1 fully saturated rings. The predicted octanol–water partition coefficient (Wildman–Crippen LogP) is 4.22. The van der Waals surface area contributed by atoms with Gasteiger partial charge in [-0.25, -0.2) is 9.97 Å². The Labute approximate surface area is 201 Å². The molecular weight excluding hydrogens is 436 g/mol. The monoisotopic (exact) mass is 472 g/mol. The summed E-state index contributed by atoms with van der Waals surface area (Å²) in [6, 6.07) is 6.84. The van der Waals surface area contributed by atoms with E-state index in [-0.39, 0.29) is 12.3 Å². The molecule has 0 amide bonds. The zero-order valence-electron chi connectivity index (χ0n) is 20.3. The van der Waals surface area contributed by atoms with Crippen molar-refractivity contribution < 1.29 is 24.1 Å². The van der Waals surface area contributed by atoms with Gasteiger partial charge in [0.05, 0.1) is 49.1 Å². The Bertz CT molecular complexity index is 903. The van der Waals surface area contributed by atoms with Crippen molar-refractivity contribution >= 4 is 23.0 Å². The number of hydrogen-bond acceptors (Lipinski definition) is 8. The van der Waals surface area contributed by atoms with E-state index in [2.05, 4.69) is 33.2 Å². The molecule has 9 nitrogen and oxygen atoms in total. The quantitative estimate of drug-likeness (QED) is 0.443. The van der Waals surface area contributed by atoms with E-state index in [0.717, 1.165) is 61.6 Å². The summed E-state index contributed by atoms with van der Waals surface area (Å²) in [4.78, 5) is 22.4. The molecule has 2 N–H and O–H groups in total. The van der Waals surface area contributed by atoms with Gasteiger partial charge in [-0.05, 0) is 43.9 Å². The van der Waals surface area contributed by atoms with Gasteiger partial charge < -0.3 is 29.5 Å². The van der Waals surface area contributed by atoms with E-state index in [9.17, 15) is 9.90 Å². The molecule has 1 aromatic heterocycles. The van der Waals surface area contributed by atoms with E-state index in [1.54, 1.807) is 19.5 Å². The summed E-state index contributed by atoms with van der Waals surface area (Å²) in [5.74, 6) is -1.10. The van der Waals surface area contributed by atoms with Crippen LogP contribution in [0, 0.1) is 0 Å². The summed E-state index contributed by atoms with van der Waals surface area (Å²) in [5.41, 5.74) is 3.59. The minimum atomic E-state index is -0.852. The number of carbonyl (C=O) groups is 1. The van der Waals surface area contributed by atoms with Gasteiger partial charge in [0.15, 0.2) is 0 Å². The van der Waals surface area contributed by atoms with Crippen molar-refractivity contribution in [1.82, 2.24) is 9.97 Å². The molecule has 0 spiro atoms. The number of benzene rings is 1. The smallest absolute Gasteiger partial charge is 0.316 e. The fourth-order valence-corrected chi connectivity index (χ4v) is 4.32. The molecule has 0 bridgehead atoms. The van der Waals surface area contributed by atoms with Crippen LogP contribution in [0.3, 0.4) is 0 Å².